The highest BCUT2D eigenvalue weighted by molar-refractivity contribution is 6.55. The van der Waals surface area contributed by atoms with Crippen LogP contribution in [0.2, 0.25) is 25.1 Å². The van der Waals surface area contributed by atoms with Crippen molar-refractivity contribution < 1.29 is 9.15 Å². The lowest BCUT2D eigenvalue weighted by atomic mass is 10.3. The molecule has 1 aromatic carbocycles. The minimum Gasteiger partial charge on any atom is -0.489 e. The molecule has 21 heavy (non-hydrogen) atoms. The molecule has 1 heterocycles. The first kappa shape index (κ1) is 17.1. The van der Waals surface area contributed by atoms with Gasteiger partial charge in [-0.1, -0.05) is 58.0 Å². The predicted octanol–water partition coefficient (Wildman–Crippen LogP) is 5.72. The number of furan rings is 1. The molecule has 8 heteroatoms. The van der Waals surface area contributed by atoms with Crippen LogP contribution in [0.5, 0.6) is 5.75 Å². The Morgan fingerprint density at radius 2 is 1.57 bits per heavy atom. The highest BCUT2D eigenvalue weighted by Gasteiger charge is 2.20. The van der Waals surface area contributed by atoms with Crippen molar-refractivity contribution in [2.45, 2.75) is 6.54 Å². The van der Waals surface area contributed by atoms with E-state index in [0.717, 1.165) is 5.76 Å². The van der Waals surface area contributed by atoms with E-state index in [0.29, 0.717) is 19.7 Å². The minimum absolute atomic E-state index is 0.108. The Kier molecular flexibility index (Phi) is 6.35. The summed E-state index contributed by atoms with van der Waals surface area (Å²) >= 11 is 29.9. The van der Waals surface area contributed by atoms with Crippen molar-refractivity contribution in [2.24, 2.45) is 0 Å². The summed E-state index contributed by atoms with van der Waals surface area (Å²) in [4.78, 5) is 0. The van der Waals surface area contributed by atoms with Crippen LogP contribution in [0.15, 0.2) is 22.8 Å². The fourth-order valence-corrected chi connectivity index (χ4v) is 2.79. The Morgan fingerprint density at radius 3 is 2.14 bits per heavy atom. The molecule has 2 aromatic rings. The molecule has 114 valence electrons. The molecule has 0 aliphatic heterocycles. The third-order valence-corrected chi connectivity index (χ3v) is 4.82. The van der Waals surface area contributed by atoms with E-state index < -0.39 is 0 Å². The van der Waals surface area contributed by atoms with Crippen LogP contribution in [0.3, 0.4) is 0 Å². The Balaban J connectivity index is 1.91. The predicted molar refractivity (Wildman–Crippen MR) is 87.4 cm³/mol. The summed E-state index contributed by atoms with van der Waals surface area (Å²) in [5.41, 5.74) is 0. The van der Waals surface area contributed by atoms with Gasteiger partial charge < -0.3 is 14.5 Å². The lowest BCUT2D eigenvalue weighted by molar-refractivity contribution is 0.311. The molecule has 2 rings (SSSR count). The highest BCUT2D eigenvalue weighted by atomic mass is 35.5. The third-order valence-electron chi connectivity index (χ3n) is 2.57. The summed E-state index contributed by atoms with van der Waals surface area (Å²) in [6.45, 7) is 1.49. The smallest absolute Gasteiger partial charge is 0.159 e. The number of benzene rings is 1. The Morgan fingerprint density at radius 1 is 0.952 bits per heavy atom. The summed E-state index contributed by atoms with van der Waals surface area (Å²) in [5.74, 6) is 1.06. The van der Waals surface area contributed by atoms with Gasteiger partial charge in [0, 0.05) is 6.54 Å². The van der Waals surface area contributed by atoms with E-state index >= 15 is 0 Å². The van der Waals surface area contributed by atoms with Crippen LogP contribution in [0.4, 0.5) is 0 Å². The Bertz CT molecular complexity index is 587. The van der Waals surface area contributed by atoms with Gasteiger partial charge in [0.1, 0.15) is 22.4 Å². The second kappa shape index (κ2) is 7.82. The van der Waals surface area contributed by atoms with Gasteiger partial charge >= 0.3 is 0 Å². The zero-order chi connectivity index (χ0) is 15.4. The number of rotatable bonds is 6. The minimum atomic E-state index is 0.108. The molecule has 0 atom stereocenters. The summed E-state index contributed by atoms with van der Waals surface area (Å²) in [6, 6.07) is 3.70. The fourth-order valence-electron chi connectivity index (χ4n) is 1.56. The fraction of sp³-hybridized carbons (Fsp3) is 0.231. The summed E-state index contributed by atoms with van der Waals surface area (Å²) < 4.78 is 10.7. The first-order valence-electron chi connectivity index (χ1n) is 5.89. The molecule has 0 aliphatic carbocycles. The maximum Gasteiger partial charge on any atom is 0.159 e. The van der Waals surface area contributed by atoms with E-state index in [1.807, 2.05) is 12.1 Å². The van der Waals surface area contributed by atoms with Crippen LogP contribution in [0, 0.1) is 0 Å². The van der Waals surface area contributed by atoms with Crippen molar-refractivity contribution in [1.82, 2.24) is 5.32 Å². The molecule has 0 saturated heterocycles. The second-order valence-electron chi connectivity index (χ2n) is 4.00. The van der Waals surface area contributed by atoms with Crippen molar-refractivity contribution >= 4 is 58.0 Å². The maximum atomic E-state index is 6.05. The van der Waals surface area contributed by atoms with E-state index in [1.165, 1.54) is 0 Å². The molecule has 0 radical (unpaired) electrons. The quantitative estimate of drug-likeness (QED) is 0.390. The second-order valence-corrected chi connectivity index (χ2v) is 5.89. The zero-order valence-corrected chi connectivity index (χ0v) is 14.3. The number of hydrogen-bond donors (Lipinski definition) is 1. The van der Waals surface area contributed by atoms with Crippen LogP contribution in [0.25, 0.3) is 0 Å². The average Bonchev–Trinajstić information content (AvgIpc) is 2.99. The van der Waals surface area contributed by atoms with Crippen LogP contribution in [-0.2, 0) is 6.54 Å². The molecule has 1 N–H and O–H groups in total. The molecule has 0 aliphatic rings. The van der Waals surface area contributed by atoms with Gasteiger partial charge in [0.2, 0.25) is 0 Å². The molecule has 0 saturated carbocycles. The average molecular weight is 389 g/mol. The molecule has 0 unspecified atom stereocenters. The van der Waals surface area contributed by atoms with Crippen LogP contribution >= 0.6 is 58.0 Å². The lowest BCUT2D eigenvalue weighted by Gasteiger charge is -2.13. The van der Waals surface area contributed by atoms with Gasteiger partial charge in [-0.25, -0.2) is 0 Å². The Labute approximate surface area is 147 Å². The zero-order valence-electron chi connectivity index (χ0n) is 10.6. The SMILES string of the molecule is Clc1c(Cl)c(Cl)c(OCCNCc2ccco2)c(Cl)c1Cl. The van der Waals surface area contributed by atoms with Crippen molar-refractivity contribution in [2.75, 3.05) is 13.2 Å². The largest absolute Gasteiger partial charge is 0.489 e. The van der Waals surface area contributed by atoms with Gasteiger partial charge in [-0.15, -0.1) is 0 Å². The van der Waals surface area contributed by atoms with Crippen molar-refractivity contribution in [3.8, 4) is 5.75 Å². The van der Waals surface area contributed by atoms with Crippen molar-refractivity contribution in [3.63, 3.8) is 0 Å². The first-order chi connectivity index (χ1) is 10.0. The van der Waals surface area contributed by atoms with Crippen LogP contribution < -0.4 is 10.1 Å². The molecule has 0 amide bonds. The normalized spacial score (nSPS) is 10.9. The number of halogens is 5. The molecule has 3 nitrogen and oxygen atoms in total. The molecule has 1 aromatic heterocycles. The number of hydrogen-bond acceptors (Lipinski definition) is 3. The molecule has 0 spiro atoms. The lowest BCUT2D eigenvalue weighted by Crippen LogP contribution is -2.20. The van der Waals surface area contributed by atoms with Crippen LogP contribution in [-0.4, -0.2) is 13.2 Å². The molecular weight excluding hydrogens is 379 g/mol. The summed E-state index contributed by atoms with van der Waals surface area (Å²) in [5, 5.41) is 3.76. The monoisotopic (exact) mass is 387 g/mol. The maximum absolute atomic E-state index is 6.05. The molecular formula is C13H10Cl5NO2. The summed E-state index contributed by atoms with van der Waals surface area (Å²) in [7, 11) is 0. The standard InChI is InChI=1S/C13H10Cl5NO2/c14-8-9(15)11(17)13(12(18)10(8)16)21-5-3-19-6-7-2-1-4-20-7/h1-2,4,19H,3,5-6H2. The van der Waals surface area contributed by atoms with Crippen molar-refractivity contribution in [3.05, 3.63) is 49.3 Å². The molecule has 0 bridgehead atoms. The highest BCUT2D eigenvalue weighted by Crippen LogP contribution is 2.48. The third kappa shape index (κ3) is 4.13. The van der Waals surface area contributed by atoms with Gasteiger partial charge in [-0.05, 0) is 12.1 Å². The topological polar surface area (TPSA) is 34.4 Å². The first-order valence-corrected chi connectivity index (χ1v) is 7.78. The van der Waals surface area contributed by atoms with Crippen LogP contribution in [0.1, 0.15) is 5.76 Å². The van der Waals surface area contributed by atoms with E-state index in [4.69, 9.17) is 67.2 Å². The van der Waals surface area contributed by atoms with Gasteiger partial charge in [-0.3, -0.25) is 0 Å². The van der Waals surface area contributed by atoms with Crippen molar-refractivity contribution in [1.29, 1.82) is 0 Å². The van der Waals surface area contributed by atoms with E-state index in [-0.39, 0.29) is 30.9 Å². The number of ether oxygens (including phenoxy) is 1. The number of nitrogens with one attached hydrogen (secondary N) is 1. The van der Waals surface area contributed by atoms with Gasteiger partial charge in [0.15, 0.2) is 5.75 Å². The van der Waals surface area contributed by atoms with Gasteiger partial charge in [-0.2, -0.15) is 0 Å². The molecule has 0 fully saturated rings. The summed E-state index contributed by atoms with van der Waals surface area (Å²) in [6.07, 6.45) is 1.62. The van der Waals surface area contributed by atoms with E-state index in [2.05, 4.69) is 5.32 Å². The van der Waals surface area contributed by atoms with E-state index in [1.54, 1.807) is 6.26 Å². The van der Waals surface area contributed by atoms with Gasteiger partial charge in [0.05, 0.1) is 27.9 Å². The Hall–Kier alpha value is -0.290. The van der Waals surface area contributed by atoms with E-state index in [9.17, 15) is 0 Å². The van der Waals surface area contributed by atoms with Gasteiger partial charge in [0.25, 0.3) is 0 Å².